The van der Waals surface area contributed by atoms with Crippen molar-refractivity contribution in [3.8, 4) is 22.3 Å². The van der Waals surface area contributed by atoms with Crippen LogP contribution in [-0.2, 0) is 21.7 Å². The van der Waals surface area contributed by atoms with Crippen LogP contribution < -0.4 is 0 Å². The fraction of sp³-hybridized carbons (Fsp3) is 0.400. The SMILES string of the molecule is CC(C)(C)c1ccc(-c2ccc(C(C)(C)C)cc2)cc1.CC(C)(C)c1ccc(-c2ccc(C(C)(C)C)cc2Br)c(Br)c1. The fourth-order valence-corrected chi connectivity index (χ4v) is 5.91. The molecule has 0 aliphatic rings. The molecule has 4 aromatic rings. The molecule has 0 amide bonds. The van der Waals surface area contributed by atoms with Crippen LogP contribution in [0, 0.1) is 0 Å². The highest BCUT2D eigenvalue weighted by Crippen LogP contribution is 2.38. The lowest BCUT2D eigenvalue weighted by Gasteiger charge is -2.22. The summed E-state index contributed by atoms with van der Waals surface area (Å²) in [5, 5.41) is 0. The van der Waals surface area contributed by atoms with Crippen LogP contribution in [0.25, 0.3) is 22.3 Å². The van der Waals surface area contributed by atoms with Crippen LogP contribution in [0.5, 0.6) is 0 Å². The van der Waals surface area contributed by atoms with Gasteiger partial charge in [-0.05, 0) is 78.3 Å². The van der Waals surface area contributed by atoms with Gasteiger partial charge in [0, 0.05) is 8.95 Å². The Kier molecular flexibility index (Phi) is 10.5. The number of halogens is 2. The topological polar surface area (TPSA) is 0 Å². The summed E-state index contributed by atoms with van der Waals surface area (Å²) in [6.45, 7) is 26.9. The van der Waals surface area contributed by atoms with E-state index in [1.165, 1.54) is 44.5 Å². The van der Waals surface area contributed by atoms with Gasteiger partial charge >= 0.3 is 0 Å². The molecule has 0 heterocycles. The van der Waals surface area contributed by atoms with Crippen molar-refractivity contribution in [3.05, 3.63) is 116 Å². The van der Waals surface area contributed by atoms with Gasteiger partial charge in [0.15, 0.2) is 0 Å². The number of hydrogen-bond acceptors (Lipinski definition) is 0. The van der Waals surface area contributed by atoms with E-state index in [9.17, 15) is 0 Å². The summed E-state index contributed by atoms with van der Waals surface area (Å²) >= 11 is 7.50. The summed E-state index contributed by atoms with van der Waals surface area (Å²) < 4.78 is 2.29. The quantitative estimate of drug-likeness (QED) is 0.196. The highest BCUT2D eigenvalue weighted by Gasteiger charge is 2.19. The molecule has 0 aliphatic carbocycles. The van der Waals surface area contributed by atoms with Crippen LogP contribution in [0.4, 0.5) is 0 Å². The van der Waals surface area contributed by atoms with Gasteiger partial charge in [-0.15, -0.1) is 0 Å². The lowest BCUT2D eigenvalue weighted by molar-refractivity contribution is 0.589. The van der Waals surface area contributed by atoms with Crippen molar-refractivity contribution in [1.82, 2.24) is 0 Å². The average Bonchev–Trinajstić information content (AvgIpc) is 2.87. The van der Waals surface area contributed by atoms with Gasteiger partial charge in [0.25, 0.3) is 0 Å². The van der Waals surface area contributed by atoms with E-state index in [1.807, 2.05) is 0 Å². The third-order valence-corrected chi connectivity index (χ3v) is 9.11. The Bertz CT molecular complexity index is 1360. The predicted molar refractivity (Wildman–Crippen MR) is 194 cm³/mol. The fourth-order valence-electron chi connectivity index (χ4n) is 4.73. The maximum absolute atomic E-state index is 3.75. The molecule has 224 valence electrons. The van der Waals surface area contributed by atoms with Crippen LogP contribution >= 0.6 is 31.9 Å². The van der Waals surface area contributed by atoms with E-state index in [0.29, 0.717) is 0 Å². The average molecular weight is 691 g/mol. The van der Waals surface area contributed by atoms with Gasteiger partial charge in [0.1, 0.15) is 0 Å². The van der Waals surface area contributed by atoms with Crippen molar-refractivity contribution in [2.75, 3.05) is 0 Å². The van der Waals surface area contributed by atoms with Crippen LogP contribution in [-0.4, -0.2) is 0 Å². The molecular formula is C40H50Br2. The Morgan fingerprint density at radius 1 is 0.333 bits per heavy atom. The number of benzene rings is 4. The maximum atomic E-state index is 3.75. The van der Waals surface area contributed by atoms with E-state index in [4.69, 9.17) is 0 Å². The molecule has 4 aromatic carbocycles. The Hall–Kier alpha value is -2.16. The van der Waals surface area contributed by atoms with Crippen LogP contribution in [0.2, 0.25) is 0 Å². The van der Waals surface area contributed by atoms with Gasteiger partial charge in [-0.25, -0.2) is 0 Å². The van der Waals surface area contributed by atoms with E-state index >= 15 is 0 Å². The first-order valence-electron chi connectivity index (χ1n) is 15.0. The zero-order valence-electron chi connectivity index (χ0n) is 27.8. The van der Waals surface area contributed by atoms with E-state index in [2.05, 4.69) is 200 Å². The lowest BCUT2D eigenvalue weighted by Crippen LogP contribution is -2.11. The van der Waals surface area contributed by atoms with E-state index in [-0.39, 0.29) is 21.7 Å². The minimum atomic E-state index is 0.161. The van der Waals surface area contributed by atoms with Gasteiger partial charge in [0.2, 0.25) is 0 Å². The molecule has 0 N–H and O–H groups in total. The first-order valence-corrected chi connectivity index (χ1v) is 16.6. The molecule has 0 saturated heterocycles. The zero-order valence-corrected chi connectivity index (χ0v) is 31.0. The smallest absolute Gasteiger partial charge is 0.0257 e. The Balaban J connectivity index is 0.000000231. The molecule has 0 radical (unpaired) electrons. The van der Waals surface area contributed by atoms with Gasteiger partial charge in [0.05, 0.1) is 0 Å². The standard InChI is InChI=1S/C20H24Br2.C20H26/c1-19(2,3)13-7-9-15(17(21)11-13)16-10-8-14(12-18(16)22)20(4,5)6;1-19(2,3)17-11-7-15(8-12-17)16-9-13-18(14-10-16)20(4,5)6/h7-12H,1-6H3;7-14H,1-6H3. The molecule has 0 aromatic heterocycles. The number of rotatable bonds is 2. The summed E-state index contributed by atoms with van der Waals surface area (Å²) in [6, 6.07) is 31.2. The Morgan fingerprint density at radius 2 is 0.571 bits per heavy atom. The predicted octanol–water partition coefficient (Wildman–Crippen LogP) is 13.4. The summed E-state index contributed by atoms with van der Waals surface area (Å²) in [7, 11) is 0. The van der Waals surface area contributed by atoms with Crippen LogP contribution in [0.15, 0.2) is 93.9 Å². The molecule has 0 saturated carbocycles. The normalized spacial score (nSPS) is 12.5. The van der Waals surface area contributed by atoms with E-state index < -0.39 is 0 Å². The second kappa shape index (κ2) is 12.8. The molecule has 0 nitrogen and oxygen atoms in total. The monoisotopic (exact) mass is 688 g/mol. The van der Waals surface area contributed by atoms with Crippen molar-refractivity contribution in [2.24, 2.45) is 0 Å². The molecule has 0 bridgehead atoms. The van der Waals surface area contributed by atoms with Crippen molar-refractivity contribution in [2.45, 2.75) is 105 Å². The van der Waals surface area contributed by atoms with Gasteiger partial charge < -0.3 is 0 Å². The van der Waals surface area contributed by atoms with Gasteiger partial charge in [-0.2, -0.15) is 0 Å². The molecule has 0 aliphatic heterocycles. The molecule has 4 rings (SSSR count). The number of hydrogen-bond donors (Lipinski definition) is 0. The van der Waals surface area contributed by atoms with Crippen molar-refractivity contribution < 1.29 is 0 Å². The molecule has 0 fully saturated rings. The largest absolute Gasteiger partial charge is 0.0579 e. The maximum Gasteiger partial charge on any atom is 0.0257 e. The molecule has 2 heteroatoms. The van der Waals surface area contributed by atoms with Gasteiger partial charge in [-0.1, -0.05) is 188 Å². The van der Waals surface area contributed by atoms with Crippen molar-refractivity contribution in [1.29, 1.82) is 0 Å². The summed E-state index contributed by atoms with van der Waals surface area (Å²) in [4.78, 5) is 0. The summed E-state index contributed by atoms with van der Waals surface area (Å²) in [5.74, 6) is 0. The summed E-state index contributed by atoms with van der Waals surface area (Å²) in [6.07, 6.45) is 0. The first-order chi connectivity index (χ1) is 19.2. The first kappa shape index (κ1) is 34.3. The highest BCUT2D eigenvalue weighted by atomic mass is 79.9. The van der Waals surface area contributed by atoms with Crippen molar-refractivity contribution >= 4 is 31.9 Å². The molecule has 0 atom stereocenters. The van der Waals surface area contributed by atoms with Gasteiger partial charge in [-0.3, -0.25) is 0 Å². The highest BCUT2D eigenvalue weighted by molar-refractivity contribution is 9.11. The van der Waals surface area contributed by atoms with Crippen molar-refractivity contribution in [3.63, 3.8) is 0 Å². The van der Waals surface area contributed by atoms with E-state index in [0.717, 1.165) is 8.95 Å². The summed E-state index contributed by atoms with van der Waals surface area (Å²) in [5.41, 5.74) is 11.2. The lowest BCUT2D eigenvalue weighted by atomic mass is 9.85. The van der Waals surface area contributed by atoms with Crippen LogP contribution in [0.1, 0.15) is 105 Å². The van der Waals surface area contributed by atoms with E-state index in [1.54, 1.807) is 0 Å². The zero-order chi connectivity index (χ0) is 31.7. The molecular weight excluding hydrogens is 640 g/mol. The minimum Gasteiger partial charge on any atom is -0.0579 e. The Labute approximate surface area is 273 Å². The molecule has 42 heavy (non-hydrogen) atoms. The third-order valence-electron chi connectivity index (χ3n) is 7.80. The molecule has 0 unspecified atom stereocenters. The third kappa shape index (κ3) is 8.93. The second-order valence-corrected chi connectivity index (χ2v) is 17.3. The second-order valence-electron chi connectivity index (χ2n) is 15.5. The minimum absolute atomic E-state index is 0.161. The van der Waals surface area contributed by atoms with Crippen LogP contribution in [0.3, 0.4) is 0 Å². The Morgan fingerprint density at radius 3 is 0.786 bits per heavy atom. The molecule has 0 spiro atoms.